The highest BCUT2D eigenvalue weighted by atomic mass is 16.5. The molecule has 1 aliphatic heterocycles. The molecule has 2 atom stereocenters. The molecule has 1 aromatic carbocycles. The lowest BCUT2D eigenvalue weighted by atomic mass is 10.1. The van der Waals surface area contributed by atoms with Crippen molar-refractivity contribution in [1.29, 1.82) is 0 Å². The van der Waals surface area contributed by atoms with E-state index in [4.69, 9.17) is 4.74 Å². The van der Waals surface area contributed by atoms with Gasteiger partial charge in [0, 0.05) is 19.4 Å². The van der Waals surface area contributed by atoms with Crippen LogP contribution in [0.3, 0.4) is 0 Å². The van der Waals surface area contributed by atoms with Crippen LogP contribution in [0.2, 0.25) is 0 Å². The Morgan fingerprint density at radius 1 is 1.27 bits per heavy atom. The number of esters is 1. The van der Waals surface area contributed by atoms with E-state index in [0.29, 0.717) is 12.8 Å². The minimum Gasteiger partial charge on any atom is -0.464 e. The van der Waals surface area contributed by atoms with Gasteiger partial charge in [-0.3, -0.25) is 9.59 Å². The van der Waals surface area contributed by atoms with Crippen LogP contribution in [0.15, 0.2) is 30.3 Å². The lowest BCUT2D eigenvalue weighted by Crippen LogP contribution is -2.46. The predicted molar refractivity (Wildman–Crippen MR) is 95.1 cm³/mol. The standard InChI is InChI=1S/C19H26N2O5/c1-2-26-19(25)16-11-15(22)13-21(16)18(24)12-20-17(23)10-6-9-14-7-4-3-5-8-14/h3-5,7-8,15-16,22H,2,6,9-13H2,1H3,(H,20,23). The number of aryl methyl sites for hydroxylation is 1. The van der Waals surface area contributed by atoms with Crippen molar-refractivity contribution in [2.45, 2.75) is 44.8 Å². The number of carbonyl (C=O) groups is 3. The fourth-order valence-corrected chi connectivity index (χ4v) is 3.01. The van der Waals surface area contributed by atoms with E-state index >= 15 is 0 Å². The Bertz CT molecular complexity index is 620. The number of β-amino-alcohol motifs (C(OH)–C–C–N with tert-alkyl or cyclic N) is 1. The molecule has 2 amide bonds. The van der Waals surface area contributed by atoms with E-state index in [1.54, 1.807) is 6.92 Å². The molecule has 1 saturated heterocycles. The largest absolute Gasteiger partial charge is 0.464 e. The third kappa shape index (κ3) is 5.84. The number of hydrogen-bond acceptors (Lipinski definition) is 5. The molecule has 2 rings (SSSR count). The van der Waals surface area contributed by atoms with Crippen LogP contribution in [0.1, 0.15) is 31.7 Å². The molecule has 0 bridgehead atoms. The first-order valence-corrected chi connectivity index (χ1v) is 8.96. The molecule has 1 fully saturated rings. The number of hydrogen-bond donors (Lipinski definition) is 2. The van der Waals surface area contributed by atoms with Gasteiger partial charge in [0.25, 0.3) is 0 Å². The van der Waals surface area contributed by atoms with Crippen LogP contribution in [0, 0.1) is 0 Å². The maximum Gasteiger partial charge on any atom is 0.328 e. The van der Waals surface area contributed by atoms with Crippen LogP contribution in [0.25, 0.3) is 0 Å². The molecule has 1 aliphatic rings. The maximum atomic E-state index is 12.3. The molecule has 1 aromatic rings. The first-order chi connectivity index (χ1) is 12.5. The summed E-state index contributed by atoms with van der Waals surface area (Å²) in [5.41, 5.74) is 1.17. The van der Waals surface area contributed by atoms with Crippen molar-refractivity contribution in [1.82, 2.24) is 10.2 Å². The number of benzene rings is 1. The number of aliphatic hydroxyl groups excluding tert-OH is 1. The second-order valence-electron chi connectivity index (χ2n) is 6.32. The summed E-state index contributed by atoms with van der Waals surface area (Å²) in [6.07, 6.45) is 1.22. The lowest BCUT2D eigenvalue weighted by Gasteiger charge is -2.22. The maximum absolute atomic E-state index is 12.3. The van der Waals surface area contributed by atoms with E-state index in [0.717, 1.165) is 6.42 Å². The van der Waals surface area contributed by atoms with Crippen molar-refractivity contribution in [2.75, 3.05) is 19.7 Å². The van der Waals surface area contributed by atoms with Gasteiger partial charge in [0.2, 0.25) is 11.8 Å². The first-order valence-electron chi connectivity index (χ1n) is 8.96. The number of amides is 2. The summed E-state index contributed by atoms with van der Waals surface area (Å²) in [4.78, 5) is 37.4. The highest BCUT2D eigenvalue weighted by molar-refractivity contribution is 5.89. The molecule has 7 nitrogen and oxygen atoms in total. The van der Waals surface area contributed by atoms with Gasteiger partial charge < -0.3 is 20.1 Å². The topological polar surface area (TPSA) is 95.9 Å². The average molecular weight is 362 g/mol. The SMILES string of the molecule is CCOC(=O)C1CC(O)CN1C(=O)CNC(=O)CCCc1ccccc1. The summed E-state index contributed by atoms with van der Waals surface area (Å²) in [6, 6.07) is 9.09. The van der Waals surface area contributed by atoms with E-state index in [9.17, 15) is 19.5 Å². The molecule has 0 saturated carbocycles. The fourth-order valence-electron chi connectivity index (χ4n) is 3.01. The number of rotatable bonds is 8. The average Bonchev–Trinajstić information content (AvgIpc) is 3.03. The molecule has 1 heterocycles. The Kier molecular flexibility index (Phi) is 7.59. The second kappa shape index (κ2) is 9.91. The van der Waals surface area contributed by atoms with E-state index in [1.807, 2.05) is 30.3 Å². The number of nitrogens with one attached hydrogen (secondary N) is 1. The zero-order valence-corrected chi connectivity index (χ0v) is 15.0. The van der Waals surface area contributed by atoms with Gasteiger partial charge in [-0.15, -0.1) is 0 Å². The van der Waals surface area contributed by atoms with Crippen molar-refractivity contribution >= 4 is 17.8 Å². The molecular weight excluding hydrogens is 336 g/mol. The van der Waals surface area contributed by atoms with Crippen LogP contribution in [-0.2, 0) is 25.5 Å². The lowest BCUT2D eigenvalue weighted by molar-refractivity contribution is -0.152. The monoisotopic (exact) mass is 362 g/mol. The van der Waals surface area contributed by atoms with Gasteiger partial charge in [0.15, 0.2) is 0 Å². The van der Waals surface area contributed by atoms with Crippen molar-refractivity contribution < 1.29 is 24.2 Å². The highest BCUT2D eigenvalue weighted by Crippen LogP contribution is 2.19. The Morgan fingerprint density at radius 2 is 2.00 bits per heavy atom. The third-order valence-electron chi connectivity index (χ3n) is 4.31. The first kappa shape index (κ1) is 19.9. The van der Waals surface area contributed by atoms with Crippen LogP contribution >= 0.6 is 0 Å². The quantitative estimate of drug-likeness (QED) is 0.662. The molecule has 2 N–H and O–H groups in total. The summed E-state index contributed by atoms with van der Waals surface area (Å²) in [6.45, 7) is 1.79. The Morgan fingerprint density at radius 3 is 2.69 bits per heavy atom. The molecule has 0 radical (unpaired) electrons. The van der Waals surface area contributed by atoms with Crippen molar-refractivity contribution in [3.05, 3.63) is 35.9 Å². The fraction of sp³-hybridized carbons (Fsp3) is 0.526. The summed E-state index contributed by atoms with van der Waals surface area (Å²) in [5, 5.41) is 12.3. The van der Waals surface area contributed by atoms with Gasteiger partial charge in [-0.2, -0.15) is 0 Å². The number of ether oxygens (including phenoxy) is 1. The second-order valence-corrected chi connectivity index (χ2v) is 6.32. The van der Waals surface area contributed by atoms with Crippen molar-refractivity contribution in [2.24, 2.45) is 0 Å². The summed E-state index contributed by atoms with van der Waals surface area (Å²) in [5.74, 6) is -1.12. The van der Waals surface area contributed by atoms with Crippen LogP contribution in [0.4, 0.5) is 0 Å². The number of nitrogens with zero attached hydrogens (tertiary/aromatic N) is 1. The summed E-state index contributed by atoms with van der Waals surface area (Å²) >= 11 is 0. The number of carbonyl (C=O) groups excluding carboxylic acids is 3. The molecule has 7 heteroatoms. The van der Waals surface area contributed by atoms with Crippen LogP contribution in [-0.4, -0.2) is 59.6 Å². The minimum atomic E-state index is -0.785. The van der Waals surface area contributed by atoms with Gasteiger partial charge in [-0.05, 0) is 25.3 Å². The third-order valence-corrected chi connectivity index (χ3v) is 4.31. The molecule has 0 spiro atoms. The van der Waals surface area contributed by atoms with Gasteiger partial charge in [0.05, 0.1) is 19.3 Å². The minimum absolute atomic E-state index is 0.0756. The molecule has 0 aromatic heterocycles. The Hall–Kier alpha value is -2.41. The predicted octanol–water partition coefficient (Wildman–Crippen LogP) is 0.650. The molecular formula is C19H26N2O5. The van der Waals surface area contributed by atoms with E-state index in [-0.39, 0.29) is 32.0 Å². The number of aliphatic hydroxyl groups is 1. The molecule has 0 aliphatic carbocycles. The molecule has 2 unspecified atom stereocenters. The van der Waals surface area contributed by atoms with Crippen LogP contribution in [0.5, 0.6) is 0 Å². The zero-order valence-electron chi connectivity index (χ0n) is 15.0. The van der Waals surface area contributed by atoms with Crippen LogP contribution < -0.4 is 5.32 Å². The van der Waals surface area contributed by atoms with Gasteiger partial charge in [0.1, 0.15) is 6.04 Å². The molecule has 26 heavy (non-hydrogen) atoms. The normalized spacial score (nSPS) is 19.2. The highest BCUT2D eigenvalue weighted by Gasteiger charge is 2.39. The smallest absolute Gasteiger partial charge is 0.328 e. The van der Waals surface area contributed by atoms with Gasteiger partial charge in [-0.25, -0.2) is 4.79 Å². The Balaban J connectivity index is 1.74. The summed E-state index contributed by atoms with van der Waals surface area (Å²) in [7, 11) is 0. The van der Waals surface area contributed by atoms with Crippen molar-refractivity contribution in [3.63, 3.8) is 0 Å². The molecule has 142 valence electrons. The van der Waals surface area contributed by atoms with Gasteiger partial charge >= 0.3 is 5.97 Å². The van der Waals surface area contributed by atoms with E-state index in [2.05, 4.69) is 5.32 Å². The zero-order chi connectivity index (χ0) is 18.9. The van der Waals surface area contributed by atoms with E-state index < -0.39 is 24.0 Å². The Labute approximate surface area is 153 Å². The number of likely N-dealkylation sites (tertiary alicyclic amines) is 1. The van der Waals surface area contributed by atoms with Gasteiger partial charge in [-0.1, -0.05) is 30.3 Å². The van der Waals surface area contributed by atoms with Crippen molar-refractivity contribution in [3.8, 4) is 0 Å². The summed E-state index contributed by atoms with van der Waals surface area (Å²) < 4.78 is 4.94. The van der Waals surface area contributed by atoms with E-state index in [1.165, 1.54) is 10.5 Å².